The van der Waals surface area contributed by atoms with Crippen LogP contribution in [-0.2, 0) is 4.74 Å². The van der Waals surface area contributed by atoms with E-state index < -0.39 is 5.82 Å². The van der Waals surface area contributed by atoms with Crippen LogP contribution >= 0.6 is 0 Å². The van der Waals surface area contributed by atoms with Gasteiger partial charge in [0.1, 0.15) is 12.1 Å². The summed E-state index contributed by atoms with van der Waals surface area (Å²) < 4.78 is 32.7. The van der Waals surface area contributed by atoms with Gasteiger partial charge in [-0.25, -0.2) is 18.7 Å². The molecule has 0 saturated carbocycles. The zero-order chi connectivity index (χ0) is 14.7. The normalized spacial score (nSPS) is 15.9. The number of aromatic nitrogens is 2. The molecule has 1 aromatic heterocycles. The Kier molecular flexibility index (Phi) is 4.06. The van der Waals surface area contributed by atoms with Crippen molar-refractivity contribution in [3.05, 3.63) is 47.9 Å². The average molecular weight is 291 g/mol. The number of ether oxygens (including phenoxy) is 1. The molecule has 0 amide bonds. The Bertz CT molecular complexity index is 613. The summed E-state index contributed by atoms with van der Waals surface area (Å²) in [6.45, 7) is 1.24. The number of hydrogen-bond acceptors (Lipinski definition) is 4. The fraction of sp³-hybridized carbons (Fsp3) is 0.333. The Morgan fingerprint density at radius 2 is 1.76 bits per heavy atom. The second-order valence-corrected chi connectivity index (χ2v) is 4.94. The van der Waals surface area contributed by atoms with Crippen LogP contribution in [0.2, 0.25) is 0 Å². The average Bonchev–Trinajstić information content (AvgIpc) is 2.52. The van der Waals surface area contributed by atoms with E-state index in [1.165, 1.54) is 30.6 Å². The van der Waals surface area contributed by atoms with Gasteiger partial charge in [-0.2, -0.15) is 0 Å². The van der Waals surface area contributed by atoms with Crippen LogP contribution in [0.15, 0.2) is 30.6 Å². The van der Waals surface area contributed by atoms with E-state index in [1.54, 1.807) is 0 Å². The van der Waals surface area contributed by atoms with Gasteiger partial charge in [-0.1, -0.05) is 0 Å². The maximum absolute atomic E-state index is 14.5. The quantitative estimate of drug-likeness (QED) is 0.941. The second kappa shape index (κ2) is 6.13. The SMILES string of the molecule is Fc1ccc(Nc2ncnc(C3CCOCC3)c2F)cc1. The largest absolute Gasteiger partial charge is 0.381 e. The first-order valence-corrected chi connectivity index (χ1v) is 6.85. The minimum absolute atomic E-state index is 0.0514. The third-order valence-electron chi connectivity index (χ3n) is 3.53. The predicted octanol–water partition coefficient (Wildman–Crippen LogP) is 3.39. The molecule has 2 heterocycles. The smallest absolute Gasteiger partial charge is 0.187 e. The molecular formula is C15H15F2N3O. The molecule has 110 valence electrons. The van der Waals surface area contributed by atoms with Crippen LogP contribution in [0.4, 0.5) is 20.3 Å². The van der Waals surface area contributed by atoms with Crippen LogP contribution < -0.4 is 5.32 Å². The second-order valence-electron chi connectivity index (χ2n) is 4.94. The lowest BCUT2D eigenvalue weighted by Crippen LogP contribution is -2.17. The van der Waals surface area contributed by atoms with Gasteiger partial charge in [-0.05, 0) is 37.1 Å². The molecule has 3 rings (SSSR count). The molecule has 2 aromatic rings. The van der Waals surface area contributed by atoms with Gasteiger partial charge < -0.3 is 10.1 Å². The highest BCUT2D eigenvalue weighted by Crippen LogP contribution is 2.30. The van der Waals surface area contributed by atoms with Crippen LogP contribution in [0.5, 0.6) is 0 Å². The third-order valence-corrected chi connectivity index (χ3v) is 3.53. The van der Waals surface area contributed by atoms with Crippen molar-refractivity contribution in [3.8, 4) is 0 Å². The standard InChI is InChI=1S/C15H15F2N3O/c16-11-1-3-12(4-2-11)20-15-13(17)14(18-9-19-15)10-5-7-21-8-6-10/h1-4,9-10H,5-8H2,(H,18,19,20). The van der Waals surface area contributed by atoms with E-state index >= 15 is 0 Å². The molecule has 4 nitrogen and oxygen atoms in total. The highest BCUT2D eigenvalue weighted by atomic mass is 19.1. The number of nitrogens with zero attached hydrogens (tertiary/aromatic N) is 2. The molecular weight excluding hydrogens is 276 g/mol. The molecule has 1 N–H and O–H groups in total. The van der Waals surface area contributed by atoms with Gasteiger partial charge >= 0.3 is 0 Å². The fourth-order valence-corrected chi connectivity index (χ4v) is 2.40. The number of nitrogens with one attached hydrogen (secondary N) is 1. The number of benzene rings is 1. The Balaban J connectivity index is 1.84. The number of halogens is 2. The summed E-state index contributed by atoms with van der Waals surface area (Å²) in [5.74, 6) is -0.631. The molecule has 1 aliphatic heterocycles. The van der Waals surface area contributed by atoms with Crippen molar-refractivity contribution < 1.29 is 13.5 Å². The van der Waals surface area contributed by atoms with E-state index in [0.717, 1.165) is 12.8 Å². The maximum Gasteiger partial charge on any atom is 0.187 e. The monoisotopic (exact) mass is 291 g/mol. The van der Waals surface area contributed by atoms with Crippen LogP contribution in [0.1, 0.15) is 24.5 Å². The molecule has 0 aliphatic carbocycles. The van der Waals surface area contributed by atoms with Crippen molar-refractivity contribution in [2.45, 2.75) is 18.8 Å². The van der Waals surface area contributed by atoms with Gasteiger partial charge in [-0.15, -0.1) is 0 Å². The third kappa shape index (κ3) is 3.16. The van der Waals surface area contributed by atoms with E-state index in [1.807, 2.05) is 0 Å². The number of hydrogen-bond donors (Lipinski definition) is 1. The van der Waals surface area contributed by atoms with Crippen molar-refractivity contribution in [2.24, 2.45) is 0 Å². The first-order valence-electron chi connectivity index (χ1n) is 6.85. The number of rotatable bonds is 3. The first-order chi connectivity index (χ1) is 10.2. The molecule has 0 spiro atoms. The summed E-state index contributed by atoms with van der Waals surface area (Å²) in [7, 11) is 0. The summed E-state index contributed by atoms with van der Waals surface area (Å²) in [6, 6.07) is 5.68. The lowest BCUT2D eigenvalue weighted by Gasteiger charge is -2.22. The summed E-state index contributed by atoms with van der Waals surface area (Å²) >= 11 is 0. The van der Waals surface area contributed by atoms with E-state index in [0.29, 0.717) is 24.6 Å². The Morgan fingerprint density at radius 1 is 1.05 bits per heavy atom. The Morgan fingerprint density at radius 3 is 2.48 bits per heavy atom. The predicted molar refractivity (Wildman–Crippen MR) is 74.5 cm³/mol. The van der Waals surface area contributed by atoms with Crippen molar-refractivity contribution in [2.75, 3.05) is 18.5 Å². The van der Waals surface area contributed by atoms with Gasteiger partial charge in [-0.3, -0.25) is 0 Å². The van der Waals surface area contributed by atoms with Gasteiger partial charge in [0.25, 0.3) is 0 Å². The Hall–Kier alpha value is -2.08. The molecule has 1 saturated heterocycles. The molecule has 1 aromatic carbocycles. The van der Waals surface area contributed by atoms with Crippen molar-refractivity contribution in [3.63, 3.8) is 0 Å². The van der Waals surface area contributed by atoms with Crippen molar-refractivity contribution >= 4 is 11.5 Å². The fourth-order valence-electron chi connectivity index (χ4n) is 2.40. The summed E-state index contributed by atoms with van der Waals surface area (Å²) in [6.07, 6.45) is 2.85. The minimum atomic E-state index is -0.450. The maximum atomic E-state index is 14.5. The highest BCUT2D eigenvalue weighted by molar-refractivity contribution is 5.56. The van der Waals surface area contributed by atoms with Gasteiger partial charge in [0.15, 0.2) is 11.6 Å². The molecule has 0 radical (unpaired) electrons. The van der Waals surface area contributed by atoms with E-state index in [-0.39, 0.29) is 17.6 Å². The zero-order valence-corrected chi connectivity index (χ0v) is 11.4. The van der Waals surface area contributed by atoms with Crippen molar-refractivity contribution in [1.29, 1.82) is 0 Å². The molecule has 6 heteroatoms. The van der Waals surface area contributed by atoms with Crippen LogP contribution in [0.3, 0.4) is 0 Å². The molecule has 0 atom stereocenters. The summed E-state index contributed by atoms with van der Waals surface area (Å²) in [4.78, 5) is 8.01. The number of anilines is 2. The molecule has 1 aliphatic rings. The van der Waals surface area contributed by atoms with E-state index in [2.05, 4.69) is 15.3 Å². The van der Waals surface area contributed by atoms with Crippen LogP contribution in [-0.4, -0.2) is 23.2 Å². The topological polar surface area (TPSA) is 47.0 Å². The Labute approximate surface area is 121 Å². The van der Waals surface area contributed by atoms with E-state index in [9.17, 15) is 8.78 Å². The molecule has 0 unspecified atom stereocenters. The lowest BCUT2D eigenvalue weighted by molar-refractivity contribution is 0.0837. The van der Waals surface area contributed by atoms with Gasteiger partial charge in [0.2, 0.25) is 0 Å². The molecule has 1 fully saturated rings. The lowest BCUT2D eigenvalue weighted by atomic mass is 9.96. The van der Waals surface area contributed by atoms with Crippen LogP contribution in [0, 0.1) is 11.6 Å². The van der Waals surface area contributed by atoms with E-state index in [4.69, 9.17) is 4.74 Å². The van der Waals surface area contributed by atoms with Crippen molar-refractivity contribution in [1.82, 2.24) is 9.97 Å². The van der Waals surface area contributed by atoms with Gasteiger partial charge in [0, 0.05) is 24.8 Å². The summed E-state index contributed by atoms with van der Waals surface area (Å²) in [5.41, 5.74) is 0.991. The molecule has 0 bridgehead atoms. The minimum Gasteiger partial charge on any atom is -0.381 e. The van der Waals surface area contributed by atoms with Gasteiger partial charge in [0.05, 0.1) is 5.69 Å². The molecule has 21 heavy (non-hydrogen) atoms. The first kappa shape index (κ1) is 13.9. The van der Waals surface area contributed by atoms with Crippen LogP contribution in [0.25, 0.3) is 0 Å². The summed E-state index contributed by atoms with van der Waals surface area (Å²) in [5, 5.41) is 2.85. The highest BCUT2D eigenvalue weighted by Gasteiger charge is 2.23. The zero-order valence-electron chi connectivity index (χ0n) is 11.4.